The van der Waals surface area contributed by atoms with E-state index in [0.29, 0.717) is 19.1 Å². The second kappa shape index (κ2) is 5.05. The molecule has 19 heavy (non-hydrogen) atoms. The molecule has 104 valence electrons. The van der Waals surface area contributed by atoms with Crippen molar-refractivity contribution in [1.29, 1.82) is 0 Å². The van der Waals surface area contributed by atoms with E-state index in [-0.39, 0.29) is 11.5 Å². The Morgan fingerprint density at radius 3 is 2.53 bits per heavy atom. The van der Waals surface area contributed by atoms with Crippen molar-refractivity contribution < 1.29 is 8.42 Å². The smallest absolute Gasteiger partial charge is 0.153 e. The van der Waals surface area contributed by atoms with Gasteiger partial charge in [-0.1, -0.05) is 0 Å². The van der Waals surface area contributed by atoms with Crippen molar-refractivity contribution in [3.05, 3.63) is 18.1 Å². The van der Waals surface area contributed by atoms with E-state index in [9.17, 15) is 8.42 Å². The molecular weight excluding hydrogens is 264 g/mol. The summed E-state index contributed by atoms with van der Waals surface area (Å²) in [6, 6.07) is 0.661. The van der Waals surface area contributed by atoms with Crippen LogP contribution < -0.4 is 10.2 Å². The number of sulfone groups is 1. The van der Waals surface area contributed by atoms with Gasteiger partial charge in [0.15, 0.2) is 9.84 Å². The maximum atomic E-state index is 11.4. The predicted octanol–water partition coefficient (Wildman–Crippen LogP) is -0.0366. The molecule has 7 heteroatoms. The lowest BCUT2D eigenvalue weighted by Crippen LogP contribution is -2.40. The molecule has 3 rings (SSSR count). The van der Waals surface area contributed by atoms with Crippen LogP contribution in [0.1, 0.15) is 18.5 Å². The zero-order chi connectivity index (χ0) is 13.3. The first-order valence-electron chi connectivity index (χ1n) is 6.62. The fourth-order valence-electron chi connectivity index (χ4n) is 2.08. The Morgan fingerprint density at radius 1 is 1.21 bits per heavy atom. The highest BCUT2D eigenvalue weighted by molar-refractivity contribution is 7.91. The van der Waals surface area contributed by atoms with E-state index in [1.54, 1.807) is 12.4 Å². The van der Waals surface area contributed by atoms with Gasteiger partial charge >= 0.3 is 0 Å². The molecule has 0 unspecified atom stereocenters. The summed E-state index contributed by atoms with van der Waals surface area (Å²) in [4.78, 5) is 10.7. The first-order valence-corrected chi connectivity index (χ1v) is 8.44. The maximum absolute atomic E-state index is 11.4. The molecule has 1 N–H and O–H groups in total. The van der Waals surface area contributed by atoms with E-state index < -0.39 is 9.84 Å². The second-order valence-corrected chi connectivity index (χ2v) is 7.46. The molecule has 0 atom stereocenters. The van der Waals surface area contributed by atoms with E-state index in [1.165, 1.54) is 12.8 Å². The van der Waals surface area contributed by atoms with Crippen molar-refractivity contribution in [3.63, 3.8) is 0 Å². The molecule has 1 aliphatic heterocycles. The topological polar surface area (TPSA) is 75.2 Å². The van der Waals surface area contributed by atoms with E-state index in [2.05, 4.69) is 15.3 Å². The Labute approximate surface area is 113 Å². The fourth-order valence-corrected chi connectivity index (χ4v) is 3.28. The lowest BCUT2D eigenvalue weighted by atomic mass is 10.4. The van der Waals surface area contributed by atoms with E-state index in [0.717, 1.165) is 18.1 Å². The number of hydrogen-bond donors (Lipinski definition) is 1. The summed E-state index contributed by atoms with van der Waals surface area (Å²) in [5.74, 6) is 1.18. The molecule has 2 heterocycles. The van der Waals surface area contributed by atoms with Gasteiger partial charge in [-0.2, -0.15) is 0 Å². The van der Waals surface area contributed by atoms with Crippen LogP contribution in [0.5, 0.6) is 0 Å². The molecule has 0 radical (unpaired) electrons. The maximum Gasteiger partial charge on any atom is 0.153 e. The molecule has 2 fully saturated rings. The lowest BCUT2D eigenvalue weighted by Gasteiger charge is -2.27. The standard InChI is InChI=1S/C12H18N4O2S/c17-19(18)5-3-16(4-6-19)12-9-14-11(8-15-12)7-13-10-1-2-10/h8-10,13H,1-7H2. The third-order valence-corrected chi connectivity index (χ3v) is 5.12. The molecule has 0 amide bonds. The Balaban J connectivity index is 1.59. The van der Waals surface area contributed by atoms with Gasteiger partial charge in [-0.15, -0.1) is 0 Å². The van der Waals surface area contributed by atoms with Crippen LogP contribution >= 0.6 is 0 Å². The van der Waals surface area contributed by atoms with Crippen LogP contribution in [-0.4, -0.2) is 49.0 Å². The molecule has 0 spiro atoms. The van der Waals surface area contributed by atoms with Gasteiger partial charge in [0.25, 0.3) is 0 Å². The van der Waals surface area contributed by atoms with Crippen molar-refractivity contribution >= 4 is 15.7 Å². The van der Waals surface area contributed by atoms with Gasteiger partial charge in [-0.3, -0.25) is 4.98 Å². The Bertz CT molecular complexity index is 525. The van der Waals surface area contributed by atoms with Crippen molar-refractivity contribution in [2.24, 2.45) is 0 Å². The molecular formula is C12H18N4O2S. The van der Waals surface area contributed by atoms with Gasteiger partial charge < -0.3 is 10.2 Å². The molecule has 1 saturated carbocycles. The monoisotopic (exact) mass is 282 g/mol. The number of nitrogens with one attached hydrogen (secondary N) is 1. The van der Waals surface area contributed by atoms with Crippen LogP contribution in [0.2, 0.25) is 0 Å². The third kappa shape index (κ3) is 3.42. The summed E-state index contributed by atoms with van der Waals surface area (Å²) >= 11 is 0. The molecule has 1 aromatic rings. The molecule has 1 aliphatic carbocycles. The third-order valence-electron chi connectivity index (χ3n) is 3.51. The SMILES string of the molecule is O=S1(=O)CCN(c2cnc(CNC3CC3)cn2)CC1. The average molecular weight is 282 g/mol. The average Bonchev–Trinajstić information content (AvgIpc) is 3.21. The molecule has 0 aromatic carbocycles. The van der Waals surface area contributed by atoms with E-state index in [4.69, 9.17) is 0 Å². The molecule has 0 bridgehead atoms. The highest BCUT2D eigenvalue weighted by Gasteiger charge is 2.23. The minimum absolute atomic E-state index is 0.208. The zero-order valence-corrected chi connectivity index (χ0v) is 11.6. The normalized spacial score (nSPS) is 22.4. The Morgan fingerprint density at radius 2 is 1.95 bits per heavy atom. The zero-order valence-electron chi connectivity index (χ0n) is 10.7. The Hall–Kier alpha value is -1.21. The van der Waals surface area contributed by atoms with Gasteiger partial charge in [-0.25, -0.2) is 13.4 Å². The van der Waals surface area contributed by atoms with E-state index >= 15 is 0 Å². The summed E-state index contributed by atoms with van der Waals surface area (Å²) in [5, 5.41) is 3.39. The lowest BCUT2D eigenvalue weighted by molar-refractivity contribution is 0.586. The van der Waals surface area contributed by atoms with Crippen LogP contribution in [-0.2, 0) is 16.4 Å². The summed E-state index contributed by atoms with van der Waals surface area (Å²) in [6.07, 6.45) is 6.02. The Kier molecular flexibility index (Phi) is 3.40. The van der Waals surface area contributed by atoms with Gasteiger partial charge in [0.2, 0.25) is 0 Å². The van der Waals surface area contributed by atoms with Crippen LogP contribution in [0, 0.1) is 0 Å². The summed E-state index contributed by atoms with van der Waals surface area (Å²) in [7, 11) is -2.84. The number of rotatable bonds is 4. The number of aromatic nitrogens is 2. The van der Waals surface area contributed by atoms with Crippen LogP contribution in [0.15, 0.2) is 12.4 Å². The summed E-state index contributed by atoms with van der Waals surface area (Å²) in [5.41, 5.74) is 0.931. The van der Waals surface area contributed by atoms with Gasteiger partial charge in [0.1, 0.15) is 5.82 Å². The predicted molar refractivity (Wildman–Crippen MR) is 72.8 cm³/mol. The first kappa shape index (κ1) is 12.8. The minimum atomic E-state index is -2.84. The van der Waals surface area contributed by atoms with Gasteiger partial charge in [0.05, 0.1) is 29.6 Å². The highest BCUT2D eigenvalue weighted by Crippen LogP contribution is 2.19. The molecule has 1 aromatic heterocycles. The van der Waals surface area contributed by atoms with Crippen LogP contribution in [0.3, 0.4) is 0 Å². The van der Waals surface area contributed by atoms with Crippen molar-refractivity contribution in [3.8, 4) is 0 Å². The highest BCUT2D eigenvalue weighted by atomic mass is 32.2. The van der Waals surface area contributed by atoms with Gasteiger partial charge in [0, 0.05) is 25.7 Å². The van der Waals surface area contributed by atoms with Crippen LogP contribution in [0.4, 0.5) is 5.82 Å². The molecule has 2 aliphatic rings. The first-order chi connectivity index (χ1) is 9.12. The minimum Gasteiger partial charge on any atom is -0.353 e. The number of anilines is 1. The molecule has 6 nitrogen and oxygen atoms in total. The fraction of sp³-hybridized carbons (Fsp3) is 0.667. The van der Waals surface area contributed by atoms with Crippen molar-refractivity contribution in [2.45, 2.75) is 25.4 Å². The quantitative estimate of drug-likeness (QED) is 0.835. The summed E-state index contributed by atoms with van der Waals surface area (Å²) in [6.45, 7) is 1.78. The second-order valence-electron chi connectivity index (χ2n) is 5.16. The summed E-state index contributed by atoms with van der Waals surface area (Å²) < 4.78 is 22.7. The number of nitrogens with zero attached hydrogens (tertiary/aromatic N) is 3. The van der Waals surface area contributed by atoms with E-state index in [1.807, 2.05) is 4.90 Å². The van der Waals surface area contributed by atoms with Crippen LogP contribution in [0.25, 0.3) is 0 Å². The van der Waals surface area contributed by atoms with Crippen molar-refractivity contribution in [1.82, 2.24) is 15.3 Å². The number of hydrogen-bond acceptors (Lipinski definition) is 6. The molecule has 1 saturated heterocycles. The van der Waals surface area contributed by atoms with Crippen molar-refractivity contribution in [2.75, 3.05) is 29.5 Å². The largest absolute Gasteiger partial charge is 0.353 e. The van der Waals surface area contributed by atoms with Gasteiger partial charge in [-0.05, 0) is 12.8 Å².